The number of sulfone groups is 1. The molecule has 5 heteroatoms. The molecule has 0 heterocycles. The molecule has 0 aliphatic heterocycles. The number of hydrogen-bond donors (Lipinski definition) is 1. The fraction of sp³-hybridized carbons (Fsp3) is 0.462. The van der Waals surface area contributed by atoms with E-state index in [1.807, 2.05) is 12.1 Å². The first-order valence-corrected chi connectivity index (χ1v) is 7.86. The molecule has 2 rings (SSSR count). The molecule has 0 aromatic heterocycles. The largest absolute Gasteiger partial charge is 0.481 e. The summed E-state index contributed by atoms with van der Waals surface area (Å²) in [6, 6.07) is 7.29. The van der Waals surface area contributed by atoms with E-state index in [0.717, 1.165) is 24.0 Å². The number of carboxylic acids is 1. The van der Waals surface area contributed by atoms with Crippen LogP contribution in [0, 0.1) is 0 Å². The summed E-state index contributed by atoms with van der Waals surface area (Å²) < 4.78 is 22.5. The Balaban J connectivity index is 2.25. The highest BCUT2D eigenvalue weighted by Crippen LogP contribution is 2.51. The normalized spacial score (nSPS) is 17.4. The predicted octanol–water partition coefficient (Wildman–Crippen LogP) is 1.74. The average molecular weight is 268 g/mol. The number of carboxylic acid groups (broad SMARTS) is 1. The summed E-state index contributed by atoms with van der Waals surface area (Å²) in [6.07, 6.45) is 3.04. The molecule has 1 aromatic carbocycles. The maximum Gasteiger partial charge on any atom is 0.304 e. The van der Waals surface area contributed by atoms with Crippen LogP contribution in [0.3, 0.4) is 0 Å². The number of aliphatic carboxylic acids is 1. The minimum atomic E-state index is -3.06. The van der Waals surface area contributed by atoms with E-state index in [1.54, 1.807) is 12.1 Å². The van der Waals surface area contributed by atoms with Crippen LogP contribution in [-0.2, 0) is 25.8 Å². The maximum atomic E-state index is 11.3. The van der Waals surface area contributed by atoms with Crippen LogP contribution in [-0.4, -0.2) is 25.7 Å². The molecule has 0 bridgehead atoms. The van der Waals surface area contributed by atoms with Crippen LogP contribution in [0.15, 0.2) is 24.3 Å². The van der Waals surface area contributed by atoms with Gasteiger partial charge >= 0.3 is 5.97 Å². The fourth-order valence-corrected chi connectivity index (χ4v) is 3.09. The van der Waals surface area contributed by atoms with Crippen molar-refractivity contribution in [3.8, 4) is 0 Å². The predicted molar refractivity (Wildman–Crippen MR) is 68.2 cm³/mol. The fourth-order valence-electron chi connectivity index (χ4n) is 2.30. The summed E-state index contributed by atoms with van der Waals surface area (Å²) in [6.45, 7) is 0. The van der Waals surface area contributed by atoms with Crippen molar-refractivity contribution < 1.29 is 18.3 Å². The van der Waals surface area contributed by atoms with E-state index >= 15 is 0 Å². The van der Waals surface area contributed by atoms with Crippen molar-refractivity contribution in [3.05, 3.63) is 35.4 Å². The van der Waals surface area contributed by atoms with Gasteiger partial charge in [-0.1, -0.05) is 24.3 Å². The third kappa shape index (κ3) is 3.10. The average Bonchev–Trinajstić information content (AvgIpc) is 2.95. The number of rotatable bonds is 5. The van der Waals surface area contributed by atoms with Crippen LogP contribution in [0.4, 0.5) is 0 Å². The summed E-state index contributed by atoms with van der Waals surface area (Å²) in [7, 11) is -3.06. The Morgan fingerprint density at radius 1 is 1.39 bits per heavy atom. The van der Waals surface area contributed by atoms with Crippen molar-refractivity contribution in [3.63, 3.8) is 0 Å². The quantitative estimate of drug-likeness (QED) is 0.883. The van der Waals surface area contributed by atoms with Crippen LogP contribution in [0.2, 0.25) is 0 Å². The minimum Gasteiger partial charge on any atom is -0.481 e. The van der Waals surface area contributed by atoms with Crippen LogP contribution in [0.1, 0.15) is 30.4 Å². The lowest BCUT2D eigenvalue weighted by molar-refractivity contribution is -0.137. The van der Waals surface area contributed by atoms with Gasteiger partial charge in [-0.2, -0.15) is 0 Å². The number of hydrogen-bond acceptors (Lipinski definition) is 3. The van der Waals surface area contributed by atoms with Gasteiger partial charge in [-0.25, -0.2) is 8.42 Å². The van der Waals surface area contributed by atoms with Gasteiger partial charge in [0.1, 0.15) is 0 Å². The number of benzene rings is 1. The first kappa shape index (κ1) is 13.1. The lowest BCUT2D eigenvalue weighted by atomic mass is 9.91. The lowest BCUT2D eigenvalue weighted by Crippen LogP contribution is -2.13. The van der Waals surface area contributed by atoms with E-state index in [2.05, 4.69) is 0 Å². The minimum absolute atomic E-state index is 0.00396. The molecule has 0 spiro atoms. The van der Waals surface area contributed by atoms with Crippen LogP contribution >= 0.6 is 0 Å². The Kier molecular flexibility index (Phi) is 3.19. The van der Waals surface area contributed by atoms with Gasteiger partial charge in [0.25, 0.3) is 0 Å². The molecular weight excluding hydrogens is 252 g/mol. The highest BCUT2D eigenvalue weighted by Gasteiger charge is 2.45. The molecule has 0 atom stereocenters. The second kappa shape index (κ2) is 4.39. The monoisotopic (exact) mass is 268 g/mol. The molecule has 0 radical (unpaired) electrons. The molecule has 98 valence electrons. The molecule has 1 N–H and O–H groups in total. The topological polar surface area (TPSA) is 71.4 Å². The summed E-state index contributed by atoms with van der Waals surface area (Å²) in [5.41, 5.74) is 1.41. The summed E-state index contributed by atoms with van der Waals surface area (Å²) in [5, 5.41) is 8.91. The Hall–Kier alpha value is -1.36. The highest BCUT2D eigenvalue weighted by atomic mass is 32.2. The molecule has 0 saturated heterocycles. The Bertz CT molecular complexity index is 570. The van der Waals surface area contributed by atoms with Gasteiger partial charge in [0.15, 0.2) is 9.84 Å². The van der Waals surface area contributed by atoms with E-state index in [1.165, 1.54) is 6.26 Å². The van der Waals surface area contributed by atoms with Gasteiger partial charge < -0.3 is 5.11 Å². The SMILES string of the molecule is CS(=O)(=O)Cc1cccc(C2(CC(=O)O)CC2)c1. The smallest absolute Gasteiger partial charge is 0.304 e. The second-order valence-corrected chi connectivity index (χ2v) is 7.26. The molecule has 0 unspecified atom stereocenters. The standard InChI is InChI=1S/C13H16O4S/c1-18(16,17)9-10-3-2-4-11(7-10)13(5-6-13)8-12(14)15/h2-4,7H,5-6,8-9H2,1H3,(H,14,15). The molecule has 1 aromatic rings. The zero-order valence-electron chi connectivity index (χ0n) is 10.2. The van der Waals surface area contributed by atoms with Crippen molar-refractivity contribution in [2.75, 3.05) is 6.26 Å². The van der Waals surface area contributed by atoms with E-state index in [4.69, 9.17) is 5.11 Å². The van der Waals surface area contributed by atoms with Crippen LogP contribution in [0.5, 0.6) is 0 Å². The van der Waals surface area contributed by atoms with Gasteiger partial charge in [0, 0.05) is 11.7 Å². The van der Waals surface area contributed by atoms with E-state index in [0.29, 0.717) is 0 Å². The molecular formula is C13H16O4S. The molecule has 1 saturated carbocycles. The Morgan fingerprint density at radius 3 is 2.56 bits per heavy atom. The maximum absolute atomic E-state index is 11.3. The molecule has 1 fully saturated rings. The number of carbonyl (C=O) groups is 1. The van der Waals surface area contributed by atoms with Gasteiger partial charge in [-0.05, 0) is 24.0 Å². The molecule has 1 aliphatic carbocycles. The Morgan fingerprint density at radius 2 is 2.06 bits per heavy atom. The summed E-state index contributed by atoms with van der Waals surface area (Å²) in [5.74, 6) is -0.801. The van der Waals surface area contributed by atoms with E-state index in [-0.39, 0.29) is 17.6 Å². The van der Waals surface area contributed by atoms with Gasteiger partial charge in [0.05, 0.1) is 12.2 Å². The van der Waals surface area contributed by atoms with E-state index in [9.17, 15) is 13.2 Å². The van der Waals surface area contributed by atoms with Crippen molar-refractivity contribution in [2.45, 2.75) is 30.4 Å². The zero-order valence-corrected chi connectivity index (χ0v) is 11.0. The van der Waals surface area contributed by atoms with Gasteiger partial charge in [0.2, 0.25) is 0 Å². The Labute approximate surface area is 107 Å². The van der Waals surface area contributed by atoms with Crippen molar-refractivity contribution in [1.29, 1.82) is 0 Å². The second-order valence-electron chi connectivity index (χ2n) is 5.12. The third-order valence-corrected chi connectivity index (χ3v) is 4.17. The third-order valence-electron chi connectivity index (χ3n) is 3.31. The molecule has 0 amide bonds. The first-order chi connectivity index (χ1) is 8.31. The van der Waals surface area contributed by atoms with Crippen molar-refractivity contribution >= 4 is 15.8 Å². The van der Waals surface area contributed by atoms with Crippen molar-refractivity contribution in [1.82, 2.24) is 0 Å². The zero-order chi connectivity index (χ0) is 13.4. The lowest BCUT2D eigenvalue weighted by Gasteiger charge is -2.14. The molecule has 1 aliphatic rings. The molecule has 18 heavy (non-hydrogen) atoms. The highest BCUT2D eigenvalue weighted by molar-refractivity contribution is 7.89. The van der Waals surface area contributed by atoms with Crippen molar-refractivity contribution in [2.24, 2.45) is 0 Å². The van der Waals surface area contributed by atoms with Crippen LogP contribution < -0.4 is 0 Å². The van der Waals surface area contributed by atoms with Gasteiger partial charge in [-0.15, -0.1) is 0 Å². The summed E-state index contributed by atoms with van der Waals surface area (Å²) in [4.78, 5) is 10.8. The molecule has 4 nitrogen and oxygen atoms in total. The van der Waals surface area contributed by atoms with E-state index < -0.39 is 15.8 Å². The van der Waals surface area contributed by atoms with Crippen LogP contribution in [0.25, 0.3) is 0 Å². The van der Waals surface area contributed by atoms with Gasteiger partial charge in [-0.3, -0.25) is 4.79 Å². The summed E-state index contributed by atoms with van der Waals surface area (Å²) >= 11 is 0. The first-order valence-electron chi connectivity index (χ1n) is 5.80.